The van der Waals surface area contributed by atoms with Crippen molar-refractivity contribution in [3.63, 3.8) is 0 Å². The number of benzene rings is 1. The summed E-state index contributed by atoms with van der Waals surface area (Å²) in [5.41, 5.74) is 0.741. The van der Waals surface area contributed by atoms with Crippen LogP contribution in [0.25, 0.3) is 0 Å². The van der Waals surface area contributed by atoms with E-state index < -0.39 is 18.0 Å². The SMILES string of the molecule is CCOC(=O)/C=C(/C)NC(C(=O)[O-])c1ccc(O)cc1.[K+]. The van der Waals surface area contributed by atoms with Crippen molar-refractivity contribution in [3.8, 4) is 5.75 Å². The molecule has 1 atom stereocenters. The Morgan fingerprint density at radius 1 is 1.38 bits per heavy atom. The van der Waals surface area contributed by atoms with Crippen LogP contribution in [-0.4, -0.2) is 23.7 Å². The second-order valence-corrected chi connectivity index (χ2v) is 4.07. The van der Waals surface area contributed by atoms with Crippen LogP contribution >= 0.6 is 0 Å². The quantitative estimate of drug-likeness (QED) is 0.335. The first kappa shape index (κ1) is 20.1. The summed E-state index contributed by atoms with van der Waals surface area (Å²) in [5.74, 6) is -1.86. The summed E-state index contributed by atoms with van der Waals surface area (Å²) in [6, 6.07) is 4.54. The van der Waals surface area contributed by atoms with E-state index in [1.54, 1.807) is 13.8 Å². The summed E-state index contributed by atoms with van der Waals surface area (Å²) >= 11 is 0. The zero-order chi connectivity index (χ0) is 15.1. The van der Waals surface area contributed by atoms with Gasteiger partial charge in [-0.05, 0) is 31.5 Å². The fourth-order valence-corrected chi connectivity index (χ4v) is 1.58. The van der Waals surface area contributed by atoms with Crippen LogP contribution in [0.4, 0.5) is 0 Å². The molecule has 0 saturated heterocycles. The summed E-state index contributed by atoms with van der Waals surface area (Å²) in [4.78, 5) is 22.4. The van der Waals surface area contributed by atoms with Crippen molar-refractivity contribution in [1.29, 1.82) is 0 Å². The van der Waals surface area contributed by atoms with E-state index in [4.69, 9.17) is 4.74 Å². The van der Waals surface area contributed by atoms with Gasteiger partial charge in [0.15, 0.2) is 0 Å². The molecule has 7 heteroatoms. The van der Waals surface area contributed by atoms with Crippen molar-refractivity contribution in [3.05, 3.63) is 41.6 Å². The number of carboxylic acids is 1. The number of carboxylic acid groups (broad SMARTS) is 1. The third-order valence-corrected chi connectivity index (χ3v) is 2.46. The van der Waals surface area contributed by atoms with Crippen molar-refractivity contribution in [2.45, 2.75) is 19.9 Å². The monoisotopic (exact) mass is 317 g/mol. The van der Waals surface area contributed by atoms with Crippen LogP contribution in [0.3, 0.4) is 0 Å². The predicted molar refractivity (Wildman–Crippen MR) is 69.4 cm³/mol. The number of phenols is 1. The molecule has 0 radical (unpaired) electrons. The van der Waals surface area contributed by atoms with E-state index in [2.05, 4.69) is 5.32 Å². The van der Waals surface area contributed by atoms with Crippen LogP contribution in [-0.2, 0) is 14.3 Å². The zero-order valence-corrected chi connectivity index (χ0v) is 15.4. The molecule has 2 N–H and O–H groups in total. The van der Waals surface area contributed by atoms with Gasteiger partial charge in [0.2, 0.25) is 0 Å². The standard InChI is InChI=1S/C14H17NO5.K/c1-3-20-12(17)8-9(2)15-13(14(18)19)10-4-6-11(16)7-5-10;/h4-8,13,15-16H,3H2,1-2H3,(H,18,19);/q;+1/p-1/b9-8-;. The number of aromatic hydroxyl groups is 1. The average Bonchev–Trinajstić information content (AvgIpc) is 2.37. The minimum atomic E-state index is -1.34. The number of ether oxygens (including phenoxy) is 1. The Labute approximate surface area is 165 Å². The molecule has 0 amide bonds. The van der Waals surface area contributed by atoms with Crippen molar-refractivity contribution in [1.82, 2.24) is 5.32 Å². The second-order valence-electron chi connectivity index (χ2n) is 4.07. The number of hydrogen-bond acceptors (Lipinski definition) is 6. The van der Waals surface area contributed by atoms with Crippen LogP contribution in [0.15, 0.2) is 36.0 Å². The number of hydrogen-bond donors (Lipinski definition) is 2. The zero-order valence-electron chi connectivity index (χ0n) is 12.3. The number of nitrogens with one attached hydrogen (secondary N) is 1. The molecule has 0 saturated carbocycles. The van der Waals surface area contributed by atoms with E-state index >= 15 is 0 Å². The van der Waals surface area contributed by atoms with Gasteiger partial charge in [0, 0.05) is 11.8 Å². The number of rotatable bonds is 6. The molecule has 1 rings (SSSR count). The number of allylic oxidation sites excluding steroid dienone is 1. The van der Waals surface area contributed by atoms with E-state index in [-0.39, 0.29) is 63.7 Å². The summed E-state index contributed by atoms with van der Waals surface area (Å²) in [6.07, 6.45) is 1.17. The van der Waals surface area contributed by atoms with Crippen LogP contribution in [0.2, 0.25) is 0 Å². The Kier molecular flexibility index (Phi) is 9.55. The molecule has 0 aliphatic carbocycles. The first-order chi connectivity index (χ1) is 9.43. The van der Waals surface area contributed by atoms with Crippen molar-refractivity contribution in [2.24, 2.45) is 0 Å². The Balaban J connectivity index is 0.00000400. The fraction of sp³-hybridized carbons (Fsp3) is 0.286. The Morgan fingerprint density at radius 2 is 1.95 bits per heavy atom. The number of carbonyl (C=O) groups excluding carboxylic acids is 2. The smallest absolute Gasteiger partial charge is 0.548 e. The molecule has 0 fully saturated rings. The first-order valence-corrected chi connectivity index (χ1v) is 6.05. The van der Waals surface area contributed by atoms with E-state index in [9.17, 15) is 19.8 Å². The molecule has 1 aromatic carbocycles. The normalized spacial score (nSPS) is 12.0. The van der Waals surface area contributed by atoms with Gasteiger partial charge in [-0.2, -0.15) is 0 Å². The maximum Gasteiger partial charge on any atom is 1.00 e. The first-order valence-electron chi connectivity index (χ1n) is 6.05. The summed E-state index contributed by atoms with van der Waals surface area (Å²) < 4.78 is 4.72. The summed E-state index contributed by atoms with van der Waals surface area (Å²) in [6.45, 7) is 3.46. The number of carbonyl (C=O) groups is 2. The van der Waals surface area contributed by atoms with Gasteiger partial charge in [-0.15, -0.1) is 0 Å². The largest absolute Gasteiger partial charge is 1.00 e. The van der Waals surface area contributed by atoms with Gasteiger partial charge in [0.1, 0.15) is 5.75 Å². The molecule has 1 aromatic rings. The molecule has 108 valence electrons. The molecule has 0 aliphatic rings. The van der Waals surface area contributed by atoms with Crippen LogP contribution < -0.4 is 61.8 Å². The van der Waals surface area contributed by atoms with Gasteiger partial charge in [-0.25, -0.2) is 4.79 Å². The van der Waals surface area contributed by atoms with Gasteiger partial charge in [0.25, 0.3) is 0 Å². The van der Waals surface area contributed by atoms with Crippen molar-refractivity contribution >= 4 is 11.9 Å². The topological polar surface area (TPSA) is 98.7 Å². The Hall–Kier alpha value is -0.864. The van der Waals surface area contributed by atoms with E-state index in [0.29, 0.717) is 11.3 Å². The molecule has 0 heterocycles. The number of phenolic OH excluding ortho intramolecular Hbond substituents is 1. The van der Waals surface area contributed by atoms with Crippen LogP contribution in [0.5, 0.6) is 5.75 Å². The van der Waals surface area contributed by atoms with Gasteiger partial charge in [-0.3, -0.25) is 0 Å². The van der Waals surface area contributed by atoms with Crippen molar-refractivity contribution < 1.29 is 75.9 Å². The molecule has 1 unspecified atom stereocenters. The van der Waals surface area contributed by atoms with Crippen LogP contribution in [0, 0.1) is 0 Å². The molecule has 6 nitrogen and oxygen atoms in total. The minimum absolute atomic E-state index is 0. The van der Waals surface area contributed by atoms with Gasteiger partial charge < -0.3 is 25.1 Å². The van der Waals surface area contributed by atoms with Crippen LogP contribution in [0.1, 0.15) is 25.5 Å². The van der Waals surface area contributed by atoms with E-state index in [1.807, 2.05) is 0 Å². The number of aliphatic carboxylic acids is 1. The Bertz CT molecular complexity index is 513. The molecule has 0 aliphatic heterocycles. The Morgan fingerprint density at radius 3 is 2.43 bits per heavy atom. The van der Waals surface area contributed by atoms with E-state index in [1.165, 1.54) is 30.3 Å². The molecule has 21 heavy (non-hydrogen) atoms. The predicted octanol–water partition coefficient (Wildman–Crippen LogP) is -2.76. The third kappa shape index (κ3) is 7.10. The van der Waals surface area contributed by atoms with Gasteiger partial charge in [-0.1, -0.05) is 12.1 Å². The maximum absolute atomic E-state index is 11.3. The average molecular weight is 317 g/mol. The minimum Gasteiger partial charge on any atom is -0.548 e. The van der Waals surface area contributed by atoms with Gasteiger partial charge in [0.05, 0.1) is 18.6 Å². The second kappa shape index (κ2) is 9.96. The summed E-state index contributed by atoms with van der Waals surface area (Å²) in [5, 5.41) is 23.0. The maximum atomic E-state index is 11.3. The van der Waals surface area contributed by atoms with Gasteiger partial charge >= 0.3 is 57.4 Å². The molecular weight excluding hydrogens is 301 g/mol. The van der Waals surface area contributed by atoms with E-state index in [0.717, 1.165) is 0 Å². The summed E-state index contributed by atoms with van der Waals surface area (Å²) in [7, 11) is 0. The molecule has 0 bridgehead atoms. The van der Waals surface area contributed by atoms with Crippen molar-refractivity contribution in [2.75, 3.05) is 6.61 Å². The molecule has 0 aromatic heterocycles. The molecular formula is C14H16KNO5. The fourth-order valence-electron chi connectivity index (χ4n) is 1.58. The number of esters is 1. The molecule has 0 spiro atoms. The third-order valence-electron chi connectivity index (χ3n) is 2.46.